The lowest BCUT2D eigenvalue weighted by molar-refractivity contribution is -0.123. The van der Waals surface area contributed by atoms with Gasteiger partial charge in [0.2, 0.25) is 0 Å². The van der Waals surface area contributed by atoms with Gasteiger partial charge in [0.25, 0.3) is 11.1 Å². The number of thioether (sulfide) groups is 1. The molecule has 1 heterocycles. The molecule has 33 heavy (non-hydrogen) atoms. The third-order valence-electron chi connectivity index (χ3n) is 5.22. The molecule has 170 valence electrons. The molecule has 6 heteroatoms. The number of amides is 2. The van der Waals surface area contributed by atoms with Crippen LogP contribution in [-0.2, 0) is 11.3 Å². The number of hydrogen-bond acceptors (Lipinski definition) is 5. The summed E-state index contributed by atoms with van der Waals surface area (Å²) in [6.45, 7) is 7.43. The summed E-state index contributed by atoms with van der Waals surface area (Å²) >= 11 is 0.965. The van der Waals surface area contributed by atoms with E-state index in [2.05, 4.69) is 13.8 Å². The highest BCUT2D eigenvalue weighted by molar-refractivity contribution is 8.18. The maximum atomic E-state index is 13.1. The standard InChI is InChI=1S/C27H27NO4S/c1-4-31-24-14-19(12-13-23(24)32-17-18(2)3)15-25-26(29)28(27(30)33-25)16-21-10-7-9-20-8-5-6-11-22(20)21/h5-15,18H,4,16-17H2,1-3H3/b25-15-. The average Bonchev–Trinajstić information content (AvgIpc) is 3.06. The normalized spacial score (nSPS) is 15.2. The molecule has 1 fully saturated rings. The number of benzene rings is 3. The molecule has 1 aliphatic heterocycles. The van der Waals surface area contributed by atoms with Crippen LogP contribution in [0.5, 0.6) is 11.5 Å². The number of carbonyl (C=O) groups excluding carboxylic acids is 2. The van der Waals surface area contributed by atoms with Crippen molar-refractivity contribution in [3.05, 3.63) is 76.7 Å². The first kappa shape index (κ1) is 22.9. The zero-order chi connectivity index (χ0) is 23.4. The first-order valence-electron chi connectivity index (χ1n) is 11.1. The molecular formula is C27H27NO4S. The summed E-state index contributed by atoms with van der Waals surface area (Å²) in [5, 5.41) is 1.86. The Morgan fingerprint density at radius 3 is 2.55 bits per heavy atom. The second-order valence-electron chi connectivity index (χ2n) is 8.25. The topological polar surface area (TPSA) is 55.8 Å². The zero-order valence-corrected chi connectivity index (χ0v) is 19.9. The molecule has 4 rings (SSSR count). The van der Waals surface area contributed by atoms with Crippen molar-refractivity contribution in [3.63, 3.8) is 0 Å². The SMILES string of the molecule is CCOc1cc(/C=C2\SC(=O)N(Cc3cccc4ccccc34)C2=O)ccc1OCC(C)C. The number of hydrogen-bond donors (Lipinski definition) is 0. The van der Waals surface area contributed by atoms with E-state index in [4.69, 9.17) is 9.47 Å². The quantitative estimate of drug-likeness (QED) is 0.358. The van der Waals surface area contributed by atoms with E-state index in [1.165, 1.54) is 4.90 Å². The maximum Gasteiger partial charge on any atom is 0.293 e. The predicted octanol–water partition coefficient (Wildman–Crippen LogP) is 6.51. The van der Waals surface area contributed by atoms with Crippen molar-refractivity contribution in [2.45, 2.75) is 27.3 Å². The Bertz CT molecular complexity index is 1210. The van der Waals surface area contributed by atoms with Crippen molar-refractivity contribution < 1.29 is 19.1 Å². The minimum Gasteiger partial charge on any atom is -0.490 e. The number of carbonyl (C=O) groups is 2. The molecule has 0 aliphatic carbocycles. The van der Waals surface area contributed by atoms with Crippen LogP contribution < -0.4 is 9.47 Å². The molecule has 0 N–H and O–H groups in total. The van der Waals surface area contributed by atoms with E-state index in [0.717, 1.165) is 33.7 Å². The van der Waals surface area contributed by atoms with Crippen LogP contribution in [0.2, 0.25) is 0 Å². The van der Waals surface area contributed by atoms with Gasteiger partial charge in [-0.2, -0.15) is 0 Å². The third kappa shape index (κ3) is 5.22. The van der Waals surface area contributed by atoms with E-state index in [9.17, 15) is 9.59 Å². The number of ether oxygens (including phenoxy) is 2. The van der Waals surface area contributed by atoms with Crippen molar-refractivity contribution in [1.29, 1.82) is 0 Å². The van der Waals surface area contributed by atoms with Gasteiger partial charge in [-0.25, -0.2) is 0 Å². The first-order valence-corrected chi connectivity index (χ1v) is 11.9. The largest absolute Gasteiger partial charge is 0.490 e. The molecule has 3 aromatic carbocycles. The second kappa shape index (κ2) is 10.1. The van der Waals surface area contributed by atoms with Crippen LogP contribution in [0.4, 0.5) is 4.79 Å². The van der Waals surface area contributed by atoms with E-state index >= 15 is 0 Å². The van der Waals surface area contributed by atoms with Gasteiger partial charge < -0.3 is 9.47 Å². The fourth-order valence-electron chi connectivity index (χ4n) is 3.65. The van der Waals surface area contributed by atoms with Gasteiger partial charge in [-0.05, 0) is 64.7 Å². The van der Waals surface area contributed by atoms with E-state index in [-0.39, 0.29) is 17.7 Å². The number of rotatable bonds is 8. The van der Waals surface area contributed by atoms with E-state index < -0.39 is 0 Å². The van der Waals surface area contributed by atoms with E-state index in [0.29, 0.717) is 35.5 Å². The monoisotopic (exact) mass is 461 g/mol. The van der Waals surface area contributed by atoms with Crippen molar-refractivity contribution >= 4 is 39.8 Å². The van der Waals surface area contributed by atoms with Gasteiger partial charge in [-0.3, -0.25) is 14.5 Å². The molecule has 0 spiro atoms. The Hall–Kier alpha value is -3.25. The Kier molecular flexibility index (Phi) is 7.04. The summed E-state index contributed by atoms with van der Waals surface area (Å²) in [7, 11) is 0. The van der Waals surface area contributed by atoms with Crippen LogP contribution in [-0.4, -0.2) is 29.3 Å². The summed E-state index contributed by atoms with van der Waals surface area (Å²) in [5.41, 5.74) is 1.73. The van der Waals surface area contributed by atoms with Gasteiger partial charge >= 0.3 is 0 Å². The number of nitrogens with zero attached hydrogens (tertiary/aromatic N) is 1. The Labute approximate surface area is 198 Å². The molecular weight excluding hydrogens is 434 g/mol. The summed E-state index contributed by atoms with van der Waals surface area (Å²) in [6, 6.07) is 19.5. The minimum atomic E-state index is -0.281. The summed E-state index contributed by atoms with van der Waals surface area (Å²) in [6.07, 6.45) is 1.74. The Morgan fingerprint density at radius 2 is 1.76 bits per heavy atom. The molecule has 1 saturated heterocycles. The molecule has 1 aliphatic rings. The van der Waals surface area contributed by atoms with Crippen LogP contribution in [0.15, 0.2) is 65.6 Å². The van der Waals surface area contributed by atoms with Crippen LogP contribution in [0.1, 0.15) is 31.9 Å². The summed E-state index contributed by atoms with van der Waals surface area (Å²) in [5.74, 6) is 1.41. The van der Waals surface area contributed by atoms with Crippen molar-refractivity contribution in [2.24, 2.45) is 5.92 Å². The lowest BCUT2D eigenvalue weighted by Gasteiger charge is -2.14. The Balaban J connectivity index is 1.56. The molecule has 0 aromatic heterocycles. The van der Waals surface area contributed by atoms with Crippen LogP contribution in [0.25, 0.3) is 16.8 Å². The first-order chi connectivity index (χ1) is 16.0. The second-order valence-corrected chi connectivity index (χ2v) is 9.24. The summed E-state index contributed by atoms with van der Waals surface area (Å²) in [4.78, 5) is 27.5. The van der Waals surface area contributed by atoms with Crippen molar-refractivity contribution in [2.75, 3.05) is 13.2 Å². The van der Waals surface area contributed by atoms with Crippen LogP contribution in [0, 0.1) is 5.92 Å². The summed E-state index contributed by atoms with van der Waals surface area (Å²) < 4.78 is 11.6. The number of imide groups is 1. The highest BCUT2D eigenvalue weighted by Gasteiger charge is 2.35. The molecule has 5 nitrogen and oxygen atoms in total. The predicted molar refractivity (Wildman–Crippen MR) is 133 cm³/mol. The lowest BCUT2D eigenvalue weighted by atomic mass is 10.0. The third-order valence-corrected chi connectivity index (χ3v) is 6.13. The fourth-order valence-corrected chi connectivity index (χ4v) is 4.49. The molecule has 3 aromatic rings. The van der Waals surface area contributed by atoms with Gasteiger partial charge in [0, 0.05) is 0 Å². The van der Waals surface area contributed by atoms with E-state index in [1.807, 2.05) is 67.6 Å². The van der Waals surface area contributed by atoms with E-state index in [1.54, 1.807) is 6.08 Å². The average molecular weight is 462 g/mol. The van der Waals surface area contributed by atoms with Gasteiger partial charge in [0.1, 0.15) is 0 Å². The molecule has 0 bridgehead atoms. The van der Waals surface area contributed by atoms with Gasteiger partial charge in [0.15, 0.2) is 11.5 Å². The van der Waals surface area contributed by atoms with Crippen LogP contribution in [0.3, 0.4) is 0 Å². The van der Waals surface area contributed by atoms with Gasteiger partial charge in [-0.15, -0.1) is 0 Å². The molecule has 2 amide bonds. The zero-order valence-electron chi connectivity index (χ0n) is 19.0. The van der Waals surface area contributed by atoms with Crippen LogP contribution >= 0.6 is 11.8 Å². The fraction of sp³-hybridized carbons (Fsp3) is 0.259. The Morgan fingerprint density at radius 1 is 0.970 bits per heavy atom. The van der Waals surface area contributed by atoms with Crippen molar-refractivity contribution in [1.82, 2.24) is 4.90 Å². The highest BCUT2D eigenvalue weighted by atomic mass is 32.2. The molecule has 0 unspecified atom stereocenters. The minimum absolute atomic E-state index is 0.246. The number of fused-ring (bicyclic) bond motifs is 1. The lowest BCUT2D eigenvalue weighted by Crippen LogP contribution is -2.27. The van der Waals surface area contributed by atoms with Gasteiger partial charge in [-0.1, -0.05) is 62.4 Å². The van der Waals surface area contributed by atoms with Gasteiger partial charge in [0.05, 0.1) is 24.7 Å². The smallest absolute Gasteiger partial charge is 0.293 e. The molecule has 0 atom stereocenters. The maximum absolute atomic E-state index is 13.1. The molecule has 0 radical (unpaired) electrons. The van der Waals surface area contributed by atoms with Crippen molar-refractivity contribution in [3.8, 4) is 11.5 Å². The highest BCUT2D eigenvalue weighted by Crippen LogP contribution is 2.36. The molecule has 0 saturated carbocycles.